The molecule has 190 valence electrons. The van der Waals surface area contributed by atoms with Gasteiger partial charge in [-0.15, -0.1) is 0 Å². The van der Waals surface area contributed by atoms with Crippen LogP contribution in [0.2, 0.25) is 0 Å². The molecule has 0 aliphatic carbocycles. The van der Waals surface area contributed by atoms with Crippen LogP contribution in [-0.4, -0.2) is 9.38 Å². The molecule has 0 amide bonds. The molecular formula is C39H24N2. The highest BCUT2D eigenvalue weighted by molar-refractivity contribution is 6.18. The fraction of sp³-hybridized carbons (Fsp3) is 0. The summed E-state index contributed by atoms with van der Waals surface area (Å²) >= 11 is 0. The Labute approximate surface area is 236 Å². The maximum atomic E-state index is 5.10. The van der Waals surface area contributed by atoms with E-state index in [1.165, 1.54) is 65.5 Å². The number of benzene rings is 7. The predicted molar refractivity (Wildman–Crippen MR) is 174 cm³/mol. The van der Waals surface area contributed by atoms with Gasteiger partial charge in [-0.3, -0.25) is 4.40 Å². The van der Waals surface area contributed by atoms with Crippen LogP contribution in [0.5, 0.6) is 0 Å². The zero-order valence-electron chi connectivity index (χ0n) is 22.3. The molecule has 9 aromatic rings. The van der Waals surface area contributed by atoms with Gasteiger partial charge in [0.1, 0.15) is 5.65 Å². The van der Waals surface area contributed by atoms with E-state index in [0.717, 1.165) is 16.7 Å². The molecule has 9 rings (SSSR count). The van der Waals surface area contributed by atoms with Crippen molar-refractivity contribution < 1.29 is 0 Å². The van der Waals surface area contributed by atoms with Crippen LogP contribution in [0.1, 0.15) is 0 Å². The van der Waals surface area contributed by atoms with E-state index in [1.54, 1.807) is 0 Å². The van der Waals surface area contributed by atoms with Gasteiger partial charge in [0.2, 0.25) is 0 Å². The molecule has 7 aromatic carbocycles. The molecule has 0 aliphatic rings. The first-order chi connectivity index (χ1) is 20.3. The van der Waals surface area contributed by atoms with Gasteiger partial charge in [0.15, 0.2) is 0 Å². The normalized spacial score (nSPS) is 11.9. The van der Waals surface area contributed by atoms with Crippen LogP contribution in [0.15, 0.2) is 146 Å². The van der Waals surface area contributed by atoms with E-state index in [1.807, 2.05) is 0 Å². The molecule has 41 heavy (non-hydrogen) atoms. The third kappa shape index (κ3) is 3.41. The van der Waals surface area contributed by atoms with Crippen molar-refractivity contribution in [1.29, 1.82) is 0 Å². The van der Waals surface area contributed by atoms with Gasteiger partial charge in [0.05, 0.1) is 16.6 Å². The second-order valence-electron chi connectivity index (χ2n) is 10.9. The molecule has 0 saturated heterocycles. The van der Waals surface area contributed by atoms with Crippen LogP contribution >= 0.6 is 0 Å². The van der Waals surface area contributed by atoms with Gasteiger partial charge in [0.25, 0.3) is 0 Å². The maximum Gasteiger partial charge on any atom is 0.146 e. The van der Waals surface area contributed by atoms with Crippen molar-refractivity contribution >= 4 is 59.9 Å². The Hall–Kier alpha value is -5.47. The number of imidazole rings is 1. The molecule has 2 nitrogen and oxygen atoms in total. The van der Waals surface area contributed by atoms with Crippen LogP contribution in [0.25, 0.3) is 82.2 Å². The van der Waals surface area contributed by atoms with Crippen molar-refractivity contribution in [2.75, 3.05) is 0 Å². The molecule has 0 aliphatic heterocycles. The summed E-state index contributed by atoms with van der Waals surface area (Å²) in [6.07, 6.45) is 0. The van der Waals surface area contributed by atoms with Crippen molar-refractivity contribution in [3.05, 3.63) is 146 Å². The molecule has 0 bridgehead atoms. The number of aromatic nitrogens is 2. The minimum atomic E-state index is 1.01. The molecule has 0 radical (unpaired) electrons. The zero-order valence-corrected chi connectivity index (χ0v) is 22.3. The van der Waals surface area contributed by atoms with E-state index in [2.05, 4.69) is 150 Å². The Morgan fingerprint density at radius 2 is 0.927 bits per heavy atom. The lowest BCUT2D eigenvalue weighted by Gasteiger charge is -2.13. The molecular weight excluding hydrogens is 496 g/mol. The van der Waals surface area contributed by atoms with Crippen LogP contribution in [-0.2, 0) is 0 Å². The molecule has 0 saturated carbocycles. The summed E-state index contributed by atoms with van der Waals surface area (Å²) in [5.41, 5.74) is 9.21. The van der Waals surface area contributed by atoms with Gasteiger partial charge >= 0.3 is 0 Å². The van der Waals surface area contributed by atoms with Crippen LogP contribution < -0.4 is 0 Å². The van der Waals surface area contributed by atoms with E-state index in [0.29, 0.717) is 0 Å². The Balaban J connectivity index is 1.26. The lowest BCUT2D eigenvalue weighted by molar-refractivity contribution is 1.32. The average Bonchev–Trinajstić information content (AvgIpc) is 3.44. The van der Waals surface area contributed by atoms with Crippen LogP contribution in [0.3, 0.4) is 0 Å². The summed E-state index contributed by atoms with van der Waals surface area (Å²) in [6, 6.07) is 52.7. The molecule has 0 fully saturated rings. The van der Waals surface area contributed by atoms with E-state index in [-0.39, 0.29) is 0 Å². The smallest absolute Gasteiger partial charge is 0.146 e. The number of hydrogen-bond acceptors (Lipinski definition) is 1. The summed E-state index contributed by atoms with van der Waals surface area (Å²) in [5, 5.41) is 8.65. The summed E-state index contributed by atoms with van der Waals surface area (Å²) < 4.78 is 2.33. The van der Waals surface area contributed by atoms with E-state index < -0.39 is 0 Å². The van der Waals surface area contributed by atoms with Crippen molar-refractivity contribution in [2.24, 2.45) is 0 Å². The predicted octanol–water partition coefficient (Wildman–Crippen LogP) is 10.4. The average molecular weight is 521 g/mol. The van der Waals surface area contributed by atoms with Gasteiger partial charge < -0.3 is 0 Å². The fourth-order valence-corrected chi connectivity index (χ4v) is 6.45. The third-order valence-corrected chi connectivity index (χ3v) is 8.52. The topological polar surface area (TPSA) is 17.3 Å². The first kappa shape index (κ1) is 22.4. The minimum Gasteiger partial charge on any atom is -0.292 e. The Morgan fingerprint density at radius 3 is 1.68 bits per heavy atom. The number of pyridine rings is 1. The van der Waals surface area contributed by atoms with Crippen molar-refractivity contribution in [3.63, 3.8) is 0 Å². The standard InChI is InChI=1S/C39H24N2/c1-2-8-28-21-31(18-17-25(28)7-1)26-13-15-27(16-14-26)32-19-20-37-34(23-32)33-22-29-9-3-4-10-30(29)24-35(33)39-40-36-11-5-6-12-38(36)41(37)39/h1-24H. The van der Waals surface area contributed by atoms with E-state index >= 15 is 0 Å². The van der Waals surface area contributed by atoms with Crippen molar-refractivity contribution in [3.8, 4) is 22.3 Å². The largest absolute Gasteiger partial charge is 0.292 e. The van der Waals surface area contributed by atoms with Crippen LogP contribution in [0, 0.1) is 0 Å². The Kier molecular flexibility index (Phi) is 4.64. The van der Waals surface area contributed by atoms with Gasteiger partial charge in [-0.05, 0) is 91.6 Å². The molecule has 2 aromatic heterocycles. The molecule has 2 heteroatoms. The van der Waals surface area contributed by atoms with Gasteiger partial charge in [-0.2, -0.15) is 0 Å². The highest BCUT2D eigenvalue weighted by Crippen LogP contribution is 2.37. The lowest BCUT2D eigenvalue weighted by Crippen LogP contribution is -1.92. The first-order valence-corrected chi connectivity index (χ1v) is 14.1. The van der Waals surface area contributed by atoms with E-state index in [4.69, 9.17) is 4.98 Å². The Bertz CT molecular complexity index is 2460. The SMILES string of the molecule is c1ccc2cc(-c3ccc(-c4ccc5c(c4)c4cc6ccccc6cc4c4nc6ccccc6n54)cc3)ccc2c1. The molecule has 0 N–H and O–H groups in total. The summed E-state index contributed by atoms with van der Waals surface area (Å²) in [5.74, 6) is 0. The third-order valence-electron chi connectivity index (χ3n) is 8.52. The highest BCUT2D eigenvalue weighted by Gasteiger charge is 2.15. The lowest BCUT2D eigenvalue weighted by atomic mass is 9.96. The number of rotatable bonds is 2. The quantitative estimate of drug-likeness (QED) is 0.164. The molecule has 0 unspecified atom stereocenters. The number of para-hydroxylation sites is 2. The van der Waals surface area contributed by atoms with Gasteiger partial charge in [-0.1, -0.05) is 103 Å². The number of hydrogen-bond donors (Lipinski definition) is 0. The van der Waals surface area contributed by atoms with Crippen LogP contribution in [0.4, 0.5) is 0 Å². The zero-order chi connectivity index (χ0) is 26.9. The second-order valence-corrected chi connectivity index (χ2v) is 10.9. The minimum absolute atomic E-state index is 1.01. The maximum absolute atomic E-state index is 5.10. The second kappa shape index (κ2) is 8.51. The highest BCUT2D eigenvalue weighted by atomic mass is 15.0. The van der Waals surface area contributed by atoms with Crippen molar-refractivity contribution in [2.45, 2.75) is 0 Å². The molecule has 0 spiro atoms. The first-order valence-electron chi connectivity index (χ1n) is 14.1. The van der Waals surface area contributed by atoms with Crippen molar-refractivity contribution in [1.82, 2.24) is 9.38 Å². The Morgan fingerprint density at radius 1 is 0.366 bits per heavy atom. The summed E-state index contributed by atoms with van der Waals surface area (Å²) in [7, 11) is 0. The van der Waals surface area contributed by atoms with E-state index in [9.17, 15) is 0 Å². The monoisotopic (exact) mass is 520 g/mol. The molecule has 2 heterocycles. The summed E-state index contributed by atoms with van der Waals surface area (Å²) in [6.45, 7) is 0. The van der Waals surface area contributed by atoms with Gasteiger partial charge in [-0.25, -0.2) is 4.98 Å². The number of fused-ring (bicyclic) bond motifs is 10. The number of nitrogens with zero attached hydrogens (tertiary/aromatic N) is 2. The summed E-state index contributed by atoms with van der Waals surface area (Å²) in [4.78, 5) is 5.10. The molecule has 0 atom stereocenters. The van der Waals surface area contributed by atoms with Gasteiger partial charge in [0, 0.05) is 10.8 Å². The fourth-order valence-electron chi connectivity index (χ4n) is 6.45.